The third kappa shape index (κ3) is 2.09. The second-order valence-electron chi connectivity index (χ2n) is 3.44. The van der Waals surface area contributed by atoms with Gasteiger partial charge in [-0.05, 0) is 19.1 Å². The zero-order chi connectivity index (χ0) is 10.8. The fraction of sp³-hybridized carbons (Fsp3) is 0.167. The molecule has 2 N–H and O–H groups in total. The van der Waals surface area contributed by atoms with Gasteiger partial charge < -0.3 is 14.6 Å². The Bertz CT molecular complexity index is 440. The van der Waals surface area contributed by atoms with Crippen molar-refractivity contribution in [2.75, 3.05) is 0 Å². The van der Waals surface area contributed by atoms with Gasteiger partial charge in [0.15, 0.2) is 5.76 Å². The van der Waals surface area contributed by atoms with Crippen molar-refractivity contribution >= 4 is 0 Å². The van der Waals surface area contributed by atoms with Crippen LogP contribution in [-0.4, -0.2) is 10.2 Å². The molecule has 0 aliphatic heterocycles. The van der Waals surface area contributed by atoms with Gasteiger partial charge in [-0.2, -0.15) is 0 Å². The summed E-state index contributed by atoms with van der Waals surface area (Å²) in [5.41, 5.74) is 2.10. The average molecular weight is 204 g/mol. The standard InChI is InChI=1S/C12H12O3/c1-8-2-4-9(5-3-8)10-6-7-11(15-10)12(13)14/h2-7,12-14H,1H3. The van der Waals surface area contributed by atoms with Crippen LogP contribution in [0.4, 0.5) is 0 Å². The van der Waals surface area contributed by atoms with E-state index in [9.17, 15) is 0 Å². The van der Waals surface area contributed by atoms with E-state index in [2.05, 4.69) is 0 Å². The number of aliphatic hydroxyl groups excluding tert-OH is 1. The van der Waals surface area contributed by atoms with E-state index in [1.807, 2.05) is 31.2 Å². The van der Waals surface area contributed by atoms with E-state index in [-0.39, 0.29) is 5.76 Å². The normalized spacial score (nSPS) is 10.9. The molecule has 0 amide bonds. The summed E-state index contributed by atoms with van der Waals surface area (Å²) in [5, 5.41) is 17.8. The Balaban J connectivity index is 2.33. The molecule has 0 unspecified atom stereocenters. The predicted molar refractivity (Wildman–Crippen MR) is 56.1 cm³/mol. The largest absolute Gasteiger partial charge is 0.456 e. The van der Waals surface area contributed by atoms with Crippen molar-refractivity contribution in [2.24, 2.45) is 0 Å². The third-order valence-corrected chi connectivity index (χ3v) is 2.22. The SMILES string of the molecule is Cc1ccc(-c2ccc(C(O)O)o2)cc1. The molecular formula is C12H12O3. The number of aliphatic hydroxyl groups is 2. The zero-order valence-corrected chi connectivity index (χ0v) is 8.34. The highest BCUT2D eigenvalue weighted by molar-refractivity contribution is 5.57. The van der Waals surface area contributed by atoms with Crippen molar-refractivity contribution in [1.82, 2.24) is 0 Å². The maximum atomic E-state index is 8.89. The Morgan fingerprint density at radius 1 is 1.00 bits per heavy atom. The molecule has 0 fully saturated rings. The van der Waals surface area contributed by atoms with Gasteiger partial charge in [-0.15, -0.1) is 0 Å². The maximum Gasteiger partial charge on any atom is 0.212 e. The number of hydrogen-bond acceptors (Lipinski definition) is 3. The van der Waals surface area contributed by atoms with E-state index < -0.39 is 6.29 Å². The summed E-state index contributed by atoms with van der Waals surface area (Å²) < 4.78 is 5.27. The molecule has 2 aromatic rings. The molecule has 3 nitrogen and oxygen atoms in total. The van der Waals surface area contributed by atoms with Crippen LogP contribution in [0.25, 0.3) is 11.3 Å². The molecule has 0 atom stereocenters. The second-order valence-corrected chi connectivity index (χ2v) is 3.44. The number of rotatable bonds is 2. The lowest BCUT2D eigenvalue weighted by Crippen LogP contribution is -1.90. The highest BCUT2D eigenvalue weighted by Crippen LogP contribution is 2.24. The van der Waals surface area contributed by atoms with Crippen LogP contribution < -0.4 is 0 Å². The molecule has 1 aromatic heterocycles. The van der Waals surface area contributed by atoms with Gasteiger partial charge in [0.05, 0.1) is 0 Å². The van der Waals surface area contributed by atoms with Crippen LogP contribution in [0, 0.1) is 6.92 Å². The third-order valence-electron chi connectivity index (χ3n) is 2.22. The molecular weight excluding hydrogens is 192 g/mol. The van der Waals surface area contributed by atoms with Gasteiger partial charge in [0.1, 0.15) is 5.76 Å². The van der Waals surface area contributed by atoms with E-state index in [0.717, 1.165) is 5.56 Å². The summed E-state index contributed by atoms with van der Waals surface area (Å²) in [7, 11) is 0. The van der Waals surface area contributed by atoms with Gasteiger partial charge in [-0.1, -0.05) is 29.8 Å². The maximum absolute atomic E-state index is 8.89. The fourth-order valence-electron chi connectivity index (χ4n) is 1.36. The molecule has 0 spiro atoms. The Hall–Kier alpha value is -1.58. The predicted octanol–water partition coefficient (Wildman–Crippen LogP) is 2.24. The van der Waals surface area contributed by atoms with Gasteiger partial charge in [0.25, 0.3) is 0 Å². The van der Waals surface area contributed by atoms with Crippen molar-refractivity contribution < 1.29 is 14.6 Å². The van der Waals surface area contributed by atoms with Gasteiger partial charge in [-0.25, -0.2) is 0 Å². The van der Waals surface area contributed by atoms with Gasteiger partial charge in [-0.3, -0.25) is 0 Å². The van der Waals surface area contributed by atoms with Crippen LogP contribution >= 0.6 is 0 Å². The van der Waals surface area contributed by atoms with Crippen molar-refractivity contribution in [3.63, 3.8) is 0 Å². The lowest BCUT2D eigenvalue weighted by atomic mass is 10.1. The minimum atomic E-state index is -1.55. The summed E-state index contributed by atoms with van der Waals surface area (Å²) >= 11 is 0. The molecule has 2 rings (SSSR count). The lowest BCUT2D eigenvalue weighted by Gasteiger charge is -1.99. The molecule has 15 heavy (non-hydrogen) atoms. The van der Waals surface area contributed by atoms with Gasteiger partial charge >= 0.3 is 0 Å². The number of hydrogen-bond donors (Lipinski definition) is 2. The van der Waals surface area contributed by atoms with Crippen LogP contribution in [0.2, 0.25) is 0 Å². The highest BCUT2D eigenvalue weighted by atomic mass is 16.5. The second kappa shape index (κ2) is 3.88. The number of benzene rings is 1. The molecule has 0 bridgehead atoms. The first-order valence-corrected chi connectivity index (χ1v) is 4.70. The van der Waals surface area contributed by atoms with Crippen LogP contribution in [0.1, 0.15) is 17.6 Å². The summed E-state index contributed by atoms with van der Waals surface area (Å²) in [4.78, 5) is 0. The average Bonchev–Trinajstić information content (AvgIpc) is 2.68. The van der Waals surface area contributed by atoms with E-state index in [1.165, 1.54) is 5.56 Å². The summed E-state index contributed by atoms with van der Waals surface area (Å²) in [6, 6.07) is 11.1. The number of furan rings is 1. The monoisotopic (exact) mass is 204 g/mol. The Kier molecular flexibility index (Phi) is 2.58. The Morgan fingerprint density at radius 3 is 2.20 bits per heavy atom. The van der Waals surface area contributed by atoms with E-state index >= 15 is 0 Å². The van der Waals surface area contributed by atoms with Crippen LogP contribution in [0.5, 0.6) is 0 Å². The fourth-order valence-corrected chi connectivity index (χ4v) is 1.36. The van der Waals surface area contributed by atoms with E-state index in [0.29, 0.717) is 5.76 Å². The van der Waals surface area contributed by atoms with Gasteiger partial charge in [0.2, 0.25) is 6.29 Å². The van der Waals surface area contributed by atoms with Crippen LogP contribution in [0.3, 0.4) is 0 Å². The quantitative estimate of drug-likeness (QED) is 0.737. The molecule has 0 saturated carbocycles. The van der Waals surface area contributed by atoms with Crippen molar-refractivity contribution in [3.8, 4) is 11.3 Å². The minimum absolute atomic E-state index is 0.158. The topological polar surface area (TPSA) is 53.6 Å². The Labute approximate surface area is 87.6 Å². The summed E-state index contributed by atoms with van der Waals surface area (Å²) in [5.74, 6) is 0.795. The summed E-state index contributed by atoms with van der Waals surface area (Å²) in [6.45, 7) is 2.01. The molecule has 1 heterocycles. The molecule has 0 radical (unpaired) electrons. The smallest absolute Gasteiger partial charge is 0.212 e. The zero-order valence-electron chi connectivity index (χ0n) is 8.34. The van der Waals surface area contributed by atoms with Crippen LogP contribution in [-0.2, 0) is 0 Å². The molecule has 1 aromatic carbocycles. The molecule has 0 aliphatic rings. The van der Waals surface area contributed by atoms with Gasteiger partial charge in [0, 0.05) is 5.56 Å². The van der Waals surface area contributed by atoms with E-state index in [1.54, 1.807) is 12.1 Å². The van der Waals surface area contributed by atoms with Crippen molar-refractivity contribution in [3.05, 3.63) is 47.7 Å². The van der Waals surface area contributed by atoms with Crippen molar-refractivity contribution in [2.45, 2.75) is 13.2 Å². The van der Waals surface area contributed by atoms with E-state index in [4.69, 9.17) is 14.6 Å². The summed E-state index contributed by atoms with van der Waals surface area (Å²) in [6.07, 6.45) is -1.55. The first-order valence-electron chi connectivity index (χ1n) is 4.70. The number of aryl methyl sites for hydroxylation is 1. The molecule has 0 aliphatic carbocycles. The first kappa shape index (κ1) is 9.96. The Morgan fingerprint density at radius 2 is 1.67 bits per heavy atom. The molecule has 78 valence electrons. The molecule has 0 saturated heterocycles. The minimum Gasteiger partial charge on any atom is -0.456 e. The molecule has 3 heteroatoms. The highest BCUT2D eigenvalue weighted by Gasteiger charge is 2.09. The van der Waals surface area contributed by atoms with Crippen molar-refractivity contribution in [1.29, 1.82) is 0 Å². The van der Waals surface area contributed by atoms with Crippen LogP contribution in [0.15, 0.2) is 40.8 Å². The lowest BCUT2D eigenvalue weighted by molar-refractivity contribution is -0.0576. The first-order chi connectivity index (χ1) is 7.16.